The van der Waals surface area contributed by atoms with Crippen molar-refractivity contribution < 1.29 is 14.1 Å². The van der Waals surface area contributed by atoms with Crippen molar-refractivity contribution >= 4 is 29.1 Å². The molecule has 0 bridgehead atoms. The van der Waals surface area contributed by atoms with Gasteiger partial charge in [-0.3, -0.25) is 14.9 Å². The standard InChI is InChI=1S/C11H7ClN2O4/c12-7-1-3-8(4-2-7)13-11(15)9-5-6-10(18-9)14(16)17/h1-6H,(H,13,15). The molecule has 2 rings (SSSR count). The first-order chi connectivity index (χ1) is 8.56. The van der Waals surface area contributed by atoms with Crippen molar-refractivity contribution in [2.75, 3.05) is 5.32 Å². The highest BCUT2D eigenvalue weighted by Crippen LogP contribution is 2.18. The summed E-state index contributed by atoms with van der Waals surface area (Å²) in [5, 5.41) is 13.5. The number of hydrogen-bond donors (Lipinski definition) is 1. The maximum Gasteiger partial charge on any atom is 0.433 e. The van der Waals surface area contributed by atoms with Crippen molar-refractivity contribution in [3.8, 4) is 0 Å². The SMILES string of the molecule is O=C(Nc1ccc(Cl)cc1)c1ccc([N+](=O)[O-])o1. The van der Waals surface area contributed by atoms with Crippen LogP contribution >= 0.6 is 11.6 Å². The molecule has 0 atom stereocenters. The number of furan rings is 1. The molecule has 1 aromatic carbocycles. The Morgan fingerprint density at radius 3 is 2.44 bits per heavy atom. The number of hydrogen-bond acceptors (Lipinski definition) is 4. The third-order valence-corrected chi connectivity index (χ3v) is 2.35. The van der Waals surface area contributed by atoms with Gasteiger partial charge in [0.15, 0.2) is 5.76 Å². The largest absolute Gasteiger partial charge is 0.433 e. The quantitative estimate of drug-likeness (QED) is 0.683. The summed E-state index contributed by atoms with van der Waals surface area (Å²) in [7, 11) is 0. The predicted molar refractivity (Wildman–Crippen MR) is 64.8 cm³/mol. The maximum atomic E-state index is 11.7. The lowest BCUT2D eigenvalue weighted by Crippen LogP contribution is -2.10. The summed E-state index contributed by atoms with van der Waals surface area (Å²) in [6, 6.07) is 8.80. The number of anilines is 1. The van der Waals surface area contributed by atoms with Crippen molar-refractivity contribution in [1.29, 1.82) is 0 Å². The third-order valence-electron chi connectivity index (χ3n) is 2.10. The molecule has 0 unspecified atom stereocenters. The van der Waals surface area contributed by atoms with Crippen LogP contribution in [-0.4, -0.2) is 10.8 Å². The zero-order valence-electron chi connectivity index (χ0n) is 8.92. The molecule has 1 N–H and O–H groups in total. The van der Waals surface area contributed by atoms with Crippen LogP contribution in [0.5, 0.6) is 0 Å². The molecule has 2 aromatic rings. The van der Waals surface area contributed by atoms with Crippen molar-refractivity contribution in [3.05, 3.63) is 57.3 Å². The molecular formula is C11H7ClN2O4. The van der Waals surface area contributed by atoms with Crippen molar-refractivity contribution in [2.24, 2.45) is 0 Å². The van der Waals surface area contributed by atoms with Gasteiger partial charge in [0.2, 0.25) is 0 Å². The van der Waals surface area contributed by atoms with Crippen molar-refractivity contribution in [3.63, 3.8) is 0 Å². The molecule has 1 amide bonds. The molecule has 0 spiro atoms. The Morgan fingerprint density at radius 2 is 1.89 bits per heavy atom. The summed E-state index contributed by atoms with van der Waals surface area (Å²) in [5.74, 6) is -1.17. The molecule has 0 aliphatic rings. The van der Waals surface area contributed by atoms with Crippen molar-refractivity contribution in [1.82, 2.24) is 0 Å². The third kappa shape index (κ3) is 2.67. The van der Waals surface area contributed by atoms with Gasteiger partial charge in [0.05, 0.1) is 6.07 Å². The van der Waals surface area contributed by atoms with Gasteiger partial charge in [0, 0.05) is 10.7 Å². The van der Waals surface area contributed by atoms with Crippen LogP contribution in [0.2, 0.25) is 5.02 Å². The average Bonchev–Trinajstić information content (AvgIpc) is 2.81. The number of amides is 1. The minimum absolute atomic E-state index is 0.128. The van der Waals surface area contributed by atoms with Crippen LogP contribution in [0.1, 0.15) is 10.6 Å². The highest BCUT2D eigenvalue weighted by Gasteiger charge is 2.17. The van der Waals surface area contributed by atoms with Gasteiger partial charge in [0.25, 0.3) is 5.91 Å². The van der Waals surface area contributed by atoms with Crippen LogP contribution in [0.4, 0.5) is 11.6 Å². The number of halogens is 1. The van der Waals surface area contributed by atoms with E-state index in [1.165, 1.54) is 6.07 Å². The molecule has 0 radical (unpaired) electrons. The molecule has 92 valence electrons. The van der Waals surface area contributed by atoms with E-state index >= 15 is 0 Å². The lowest BCUT2D eigenvalue weighted by Gasteiger charge is -2.02. The van der Waals surface area contributed by atoms with Gasteiger partial charge >= 0.3 is 5.88 Å². The van der Waals surface area contributed by atoms with Crippen LogP contribution in [0, 0.1) is 10.1 Å². The zero-order valence-corrected chi connectivity index (χ0v) is 9.68. The first-order valence-electron chi connectivity index (χ1n) is 4.87. The summed E-state index contributed by atoms with van der Waals surface area (Å²) >= 11 is 5.70. The summed E-state index contributed by atoms with van der Waals surface area (Å²) in [5.41, 5.74) is 0.517. The number of nitro groups is 1. The van der Waals surface area contributed by atoms with Gasteiger partial charge in [-0.2, -0.15) is 0 Å². The Kier molecular flexibility index (Phi) is 3.29. The van der Waals surface area contributed by atoms with E-state index in [0.717, 1.165) is 6.07 Å². The Labute approximate surface area is 106 Å². The van der Waals surface area contributed by atoms with Crippen LogP contribution < -0.4 is 5.32 Å². The van der Waals surface area contributed by atoms with E-state index in [9.17, 15) is 14.9 Å². The minimum atomic E-state index is -0.709. The molecule has 7 heteroatoms. The summed E-state index contributed by atoms with van der Waals surface area (Å²) < 4.78 is 4.77. The fraction of sp³-hybridized carbons (Fsp3) is 0. The first-order valence-corrected chi connectivity index (χ1v) is 5.25. The van der Waals surface area contributed by atoms with Gasteiger partial charge < -0.3 is 9.73 Å². The Hall–Kier alpha value is -2.34. The van der Waals surface area contributed by atoms with Gasteiger partial charge in [0.1, 0.15) is 4.92 Å². The van der Waals surface area contributed by atoms with Crippen LogP contribution in [0.15, 0.2) is 40.8 Å². The normalized spacial score (nSPS) is 10.1. The fourth-order valence-corrected chi connectivity index (χ4v) is 1.40. The molecule has 0 saturated heterocycles. The molecule has 0 aliphatic heterocycles. The number of carbonyl (C=O) groups is 1. The number of rotatable bonds is 3. The fourth-order valence-electron chi connectivity index (χ4n) is 1.27. The van der Waals surface area contributed by atoms with E-state index in [0.29, 0.717) is 10.7 Å². The van der Waals surface area contributed by atoms with E-state index < -0.39 is 16.7 Å². The monoisotopic (exact) mass is 266 g/mol. The van der Waals surface area contributed by atoms with Gasteiger partial charge in [-0.25, -0.2) is 0 Å². The zero-order chi connectivity index (χ0) is 13.1. The molecule has 1 heterocycles. The highest BCUT2D eigenvalue weighted by molar-refractivity contribution is 6.30. The van der Waals surface area contributed by atoms with Crippen LogP contribution in [0.25, 0.3) is 0 Å². The molecule has 6 nitrogen and oxygen atoms in total. The summed E-state index contributed by atoms with van der Waals surface area (Å²) in [6.07, 6.45) is 0. The highest BCUT2D eigenvalue weighted by atomic mass is 35.5. The lowest BCUT2D eigenvalue weighted by molar-refractivity contribution is -0.402. The predicted octanol–water partition coefficient (Wildman–Crippen LogP) is 3.09. The number of nitrogens with one attached hydrogen (secondary N) is 1. The van der Waals surface area contributed by atoms with E-state index in [1.807, 2.05) is 0 Å². The second-order valence-electron chi connectivity index (χ2n) is 3.36. The second kappa shape index (κ2) is 4.89. The summed E-state index contributed by atoms with van der Waals surface area (Å²) in [4.78, 5) is 21.4. The molecular weight excluding hydrogens is 260 g/mol. The Morgan fingerprint density at radius 1 is 1.22 bits per heavy atom. The minimum Gasteiger partial charge on any atom is -0.395 e. The number of benzene rings is 1. The molecule has 0 fully saturated rings. The van der Waals surface area contributed by atoms with Gasteiger partial charge in [-0.05, 0) is 30.3 Å². The smallest absolute Gasteiger partial charge is 0.395 e. The Balaban J connectivity index is 2.11. The van der Waals surface area contributed by atoms with Crippen LogP contribution in [-0.2, 0) is 0 Å². The Bertz CT molecular complexity index is 591. The average molecular weight is 267 g/mol. The topological polar surface area (TPSA) is 85.4 Å². The van der Waals surface area contributed by atoms with E-state index in [2.05, 4.69) is 5.32 Å². The first kappa shape index (κ1) is 12.1. The second-order valence-corrected chi connectivity index (χ2v) is 3.79. The van der Waals surface area contributed by atoms with Crippen molar-refractivity contribution in [2.45, 2.75) is 0 Å². The van der Waals surface area contributed by atoms with Gasteiger partial charge in [-0.15, -0.1) is 0 Å². The molecule has 18 heavy (non-hydrogen) atoms. The molecule has 0 saturated carbocycles. The molecule has 1 aromatic heterocycles. The lowest BCUT2D eigenvalue weighted by atomic mass is 10.3. The van der Waals surface area contributed by atoms with E-state index in [-0.39, 0.29) is 5.76 Å². The van der Waals surface area contributed by atoms with E-state index in [1.54, 1.807) is 24.3 Å². The van der Waals surface area contributed by atoms with Crippen LogP contribution in [0.3, 0.4) is 0 Å². The molecule has 0 aliphatic carbocycles. The van der Waals surface area contributed by atoms with E-state index in [4.69, 9.17) is 16.0 Å². The number of nitrogens with zero attached hydrogens (tertiary/aromatic N) is 1. The summed E-state index contributed by atoms with van der Waals surface area (Å²) in [6.45, 7) is 0. The van der Waals surface area contributed by atoms with Gasteiger partial charge in [-0.1, -0.05) is 11.6 Å². The maximum absolute atomic E-state index is 11.7. The number of carbonyl (C=O) groups excluding carboxylic acids is 1.